The van der Waals surface area contributed by atoms with Crippen molar-refractivity contribution >= 4 is 51.1 Å². The Balaban J connectivity index is 1.66. The second-order valence-corrected chi connectivity index (χ2v) is 7.92. The van der Waals surface area contributed by atoms with E-state index in [9.17, 15) is 19.7 Å². The summed E-state index contributed by atoms with van der Waals surface area (Å²) in [4.78, 5) is 39.9. The Kier molecular flexibility index (Phi) is 6.01. The molecule has 1 amide bonds. The van der Waals surface area contributed by atoms with E-state index in [0.29, 0.717) is 16.1 Å². The van der Waals surface area contributed by atoms with Crippen molar-refractivity contribution in [2.75, 3.05) is 12.4 Å². The van der Waals surface area contributed by atoms with Crippen LogP contribution in [0.2, 0.25) is 0 Å². The molecule has 0 unspecified atom stereocenters. The van der Waals surface area contributed by atoms with Gasteiger partial charge in [0.1, 0.15) is 16.3 Å². The summed E-state index contributed by atoms with van der Waals surface area (Å²) in [5, 5.41) is 13.9. The molecule has 33 heavy (non-hydrogen) atoms. The van der Waals surface area contributed by atoms with Crippen molar-refractivity contribution in [2.45, 2.75) is 6.92 Å². The molecule has 0 aliphatic rings. The first-order valence-corrected chi connectivity index (χ1v) is 10.5. The molecule has 0 fully saturated rings. The van der Waals surface area contributed by atoms with Crippen LogP contribution in [0.25, 0.3) is 26.9 Å². The van der Waals surface area contributed by atoms with Gasteiger partial charge in [-0.2, -0.15) is 0 Å². The van der Waals surface area contributed by atoms with E-state index < -0.39 is 16.8 Å². The van der Waals surface area contributed by atoms with Crippen LogP contribution < -0.4 is 5.32 Å². The number of para-hydroxylation sites is 1. The summed E-state index contributed by atoms with van der Waals surface area (Å²) in [6, 6.07) is 13.3. The summed E-state index contributed by atoms with van der Waals surface area (Å²) >= 11 is 1.36. The minimum Gasteiger partial charge on any atom is -0.465 e. The van der Waals surface area contributed by atoms with Crippen LogP contribution in [-0.2, 0) is 9.53 Å². The molecule has 2 aromatic carbocycles. The van der Waals surface area contributed by atoms with Gasteiger partial charge < -0.3 is 9.15 Å². The Morgan fingerprint density at radius 2 is 1.91 bits per heavy atom. The van der Waals surface area contributed by atoms with Crippen molar-refractivity contribution in [1.29, 1.82) is 0 Å². The van der Waals surface area contributed by atoms with Crippen molar-refractivity contribution in [3.8, 4) is 10.6 Å². The number of fused-ring (bicyclic) bond motifs is 1. The van der Waals surface area contributed by atoms with E-state index in [1.54, 1.807) is 6.92 Å². The lowest BCUT2D eigenvalue weighted by Crippen LogP contribution is -2.09. The number of amides is 1. The SMILES string of the molecule is COC(=O)c1c(C)oc(NC(=O)/C=C/c2ccc([N+](=O)[O-])cc2)c1-c1nc2ccccc2s1. The quantitative estimate of drug-likeness (QED) is 0.180. The number of esters is 1. The number of benzene rings is 2. The number of nitro groups is 1. The van der Waals surface area contributed by atoms with Crippen molar-refractivity contribution in [3.05, 3.63) is 81.6 Å². The number of nitro benzene ring substituents is 1. The maximum Gasteiger partial charge on any atom is 0.342 e. The molecule has 2 heterocycles. The Hall–Kier alpha value is -4.31. The monoisotopic (exact) mass is 463 g/mol. The fourth-order valence-electron chi connectivity index (χ4n) is 3.20. The number of methoxy groups -OCH3 is 1. The fraction of sp³-hybridized carbons (Fsp3) is 0.0870. The lowest BCUT2D eigenvalue weighted by molar-refractivity contribution is -0.384. The number of nitrogens with zero attached hydrogens (tertiary/aromatic N) is 2. The Morgan fingerprint density at radius 3 is 2.58 bits per heavy atom. The zero-order valence-electron chi connectivity index (χ0n) is 17.5. The number of aryl methyl sites for hydroxylation is 1. The number of hydrogen-bond donors (Lipinski definition) is 1. The predicted molar refractivity (Wildman–Crippen MR) is 124 cm³/mol. The van der Waals surface area contributed by atoms with Gasteiger partial charge in [-0.1, -0.05) is 12.1 Å². The molecule has 0 spiro atoms. The molecular formula is C23H17N3O6S. The number of rotatable bonds is 6. The Labute approximate surface area is 191 Å². The number of thiazole rings is 1. The van der Waals surface area contributed by atoms with Crippen LogP contribution >= 0.6 is 11.3 Å². The Bertz CT molecular complexity index is 1370. The van der Waals surface area contributed by atoms with E-state index >= 15 is 0 Å². The lowest BCUT2D eigenvalue weighted by atomic mass is 10.1. The van der Waals surface area contributed by atoms with Crippen LogP contribution in [0.4, 0.5) is 11.6 Å². The number of carbonyl (C=O) groups is 2. The van der Waals surface area contributed by atoms with Gasteiger partial charge in [0.15, 0.2) is 0 Å². The second-order valence-electron chi connectivity index (χ2n) is 6.89. The highest BCUT2D eigenvalue weighted by atomic mass is 32.1. The highest BCUT2D eigenvalue weighted by Crippen LogP contribution is 2.40. The standard InChI is InChI=1S/C23H17N3O6S/c1-13-19(23(28)31-2)20(22-24-16-5-3-4-6-17(16)33-22)21(32-13)25-18(27)12-9-14-7-10-15(11-8-14)26(29)30/h3-12H,1-2H3,(H,25,27)/b12-9+. The zero-order valence-corrected chi connectivity index (χ0v) is 18.3. The summed E-state index contributed by atoms with van der Waals surface area (Å²) in [5.74, 6) is -0.760. The summed E-state index contributed by atoms with van der Waals surface area (Å²) < 4.78 is 11.5. The van der Waals surface area contributed by atoms with Gasteiger partial charge in [0.05, 0.1) is 27.8 Å². The topological polar surface area (TPSA) is 125 Å². The van der Waals surface area contributed by atoms with E-state index in [4.69, 9.17) is 9.15 Å². The summed E-state index contributed by atoms with van der Waals surface area (Å²) in [7, 11) is 1.27. The molecule has 10 heteroatoms. The van der Waals surface area contributed by atoms with E-state index in [-0.39, 0.29) is 22.9 Å². The van der Waals surface area contributed by atoms with Crippen molar-refractivity contribution in [2.24, 2.45) is 0 Å². The molecule has 0 saturated heterocycles. The van der Waals surface area contributed by atoms with Gasteiger partial charge in [0, 0.05) is 18.2 Å². The van der Waals surface area contributed by atoms with Crippen LogP contribution in [-0.4, -0.2) is 28.9 Å². The molecule has 0 aliphatic carbocycles. The number of furan rings is 1. The van der Waals surface area contributed by atoms with Gasteiger partial charge in [0.25, 0.3) is 11.6 Å². The van der Waals surface area contributed by atoms with Gasteiger partial charge in [0.2, 0.25) is 5.88 Å². The molecule has 0 bridgehead atoms. The number of aromatic nitrogens is 1. The van der Waals surface area contributed by atoms with Crippen LogP contribution in [0.1, 0.15) is 21.7 Å². The molecule has 0 aliphatic heterocycles. The average molecular weight is 463 g/mol. The van der Waals surface area contributed by atoms with Crippen LogP contribution in [0.3, 0.4) is 0 Å². The molecule has 0 atom stereocenters. The van der Waals surface area contributed by atoms with Gasteiger partial charge in [-0.15, -0.1) is 11.3 Å². The average Bonchev–Trinajstić information content (AvgIpc) is 3.37. The maximum absolute atomic E-state index is 12.6. The van der Waals surface area contributed by atoms with E-state index in [1.807, 2.05) is 24.3 Å². The molecule has 1 N–H and O–H groups in total. The normalized spacial score (nSPS) is 11.1. The number of ether oxygens (including phenoxy) is 1. The minimum absolute atomic E-state index is 0.0431. The van der Waals surface area contributed by atoms with Crippen LogP contribution in [0.5, 0.6) is 0 Å². The zero-order chi connectivity index (χ0) is 23.5. The molecule has 2 aromatic heterocycles. The maximum atomic E-state index is 12.6. The van der Waals surface area contributed by atoms with E-state index in [0.717, 1.165) is 10.2 Å². The molecule has 0 radical (unpaired) electrons. The smallest absolute Gasteiger partial charge is 0.342 e. The van der Waals surface area contributed by atoms with E-state index in [2.05, 4.69) is 10.3 Å². The molecule has 4 rings (SSSR count). The third-order valence-corrected chi connectivity index (χ3v) is 5.80. The third-order valence-electron chi connectivity index (χ3n) is 4.75. The van der Waals surface area contributed by atoms with Crippen LogP contribution in [0, 0.1) is 17.0 Å². The van der Waals surface area contributed by atoms with Crippen molar-refractivity contribution < 1.29 is 23.7 Å². The van der Waals surface area contributed by atoms with E-state index in [1.165, 1.54) is 54.9 Å². The molecule has 0 saturated carbocycles. The third kappa shape index (κ3) is 4.51. The fourth-order valence-corrected chi connectivity index (χ4v) is 4.21. The predicted octanol–water partition coefficient (Wildman–Crippen LogP) is 5.21. The summed E-state index contributed by atoms with van der Waals surface area (Å²) in [5.41, 5.74) is 1.85. The van der Waals surface area contributed by atoms with Crippen molar-refractivity contribution in [1.82, 2.24) is 4.98 Å². The lowest BCUT2D eigenvalue weighted by Gasteiger charge is -2.03. The minimum atomic E-state index is -0.604. The first-order valence-electron chi connectivity index (χ1n) is 9.68. The van der Waals surface area contributed by atoms with Gasteiger partial charge >= 0.3 is 5.97 Å². The number of carbonyl (C=O) groups excluding carboxylic acids is 2. The van der Waals surface area contributed by atoms with Crippen LogP contribution in [0.15, 0.2) is 59.0 Å². The molecule has 166 valence electrons. The highest BCUT2D eigenvalue weighted by molar-refractivity contribution is 7.21. The summed E-state index contributed by atoms with van der Waals surface area (Å²) in [6.07, 6.45) is 2.77. The number of anilines is 1. The summed E-state index contributed by atoms with van der Waals surface area (Å²) in [6.45, 7) is 1.60. The van der Waals surface area contributed by atoms with Gasteiger partial charge in [-0.05, 0) is 42.8 Å². The molecular weight excluding hydrogens is 446 g/mol. The molecule has 4 aromatic rings. The highest BCUT2D eigenvalue weighted by Gasteiger charge is 2.28. The number of non-ortho nitro benzene ring substituents is 1. The first kappa shape index (κ1) is 21.9. The van der Waals surface area contributed by atoms with Gasteiger partial charge in [-0.25, -0.2) is 9.78 Å². The second kappa shape index (κ2) is 9.05. The van der Waals surface area contributed by atoms with Gasteiger partial charge in [-0.3, -0.25) is 20.2 Å². The van der Waals surface area contributed by atoms with Crippen molar-refractivity contribution in [3.63, 3.8) is 0 Å². The first-order chi connectivity index (χ1) is 15.9. The number of nitrogens with one attached hydrogen (secondary N) is 1. The largest absolute Gasteiger partial charge is 0.465 e. The number of hydrogen-bond acceptors (Lipinski definition) is 8. The Morgan fingerprint density at radius 1 is 1.18 bits per heavy atom. The molecule has 9 nitrogen and oxygen atoms in total.